The second-order valence-corrected chi connectivity index (χ2v) is 10.5. The molecule has 4 nitrogen and oxygen atoms in total. The number of hydrogen-bond acceptors (Lipinski definition) is 3. The summed E-state index contributed by atoms with van der Waals surface area (Å²) in [6, 6.07) is 5.85. The molecule has 2 aliphatic carbocycles. The first-order valence-electron chi connectivity index (χ1n) is 11.3. The van der Waals surface area contributed by atoms with Gasteiger partial charge in [0.1, 0.15) is 0 Å². The lowest BCUT2D eigenvalue weighted by Gasteiger charge is -2.45. The number of nitrogens with two attached hydrogens (primary N) is 1. The van der Waals surface area contributed by atoms with Gasteiger partial charge in [0.2, 0.25) is 0 Å². The Kier molecular flexibility index (Phi) is 9.20. The van der Waals surface area contributed by atoms with Crippen LogP contribution in [0.2, 0.25) is 5.02 Å². The number of benzene rings is 1. The zero-order chi connectivity index (χ0) is 20.9. The van der Waals surface area contributed by atoms with Crippen LogP contribution >= 0.6 is 11.6 Å². The van der Waals surface area contributed by atoms with Crippen LogP contribution in [0.25, 0.3) is 0 Å². The van der Waals surface area contributed by atoms with Crippen molar-refractivity contribution in [3.05, 3.63) is 41.8 Å². The lowest BCUT2D eigenvalue weighted by atomic mass is 9.62. The Hall–Kier alpha value is -1.10. The number of hydrogen-bond donors (Lipinski definition) is 3. The highest BCUT2D eigenvalue weighted by Gasteiger charge is 2.39. The molecule has 0 aliphatic heterocycles. The Morgan fingerprint density at radius 3 is 2.63 bits per heavy atom. The largest absolute Gasteiger partial charge is 0.351 e. The van der Waals surface area contributed by atoms with Gasteiger partial charge in [-0.2, -0.15) is 0 Å². The molecule has 168 valence electrons. The Balaban J connectivity index is 0.00000320. The summed E-state index contributed by atoms with van der Waals surface area (Å²) >= 11 is 6.36. The van der Waals surface area contributed by atoms with Crippen LogP contribution in [0, 0.1) is 18.8 Å². The Morgan fingerprint density at radius 1 is 1.27 bits per heavy atom. The van der Waals surface area contributed by atoms with Crippen molar-refractivity contribution in [1.29, 1.82) is 0 Å². The fourth-order valence-electron chi connectivity index (χ4n) is 5.16. The molecule has 0 saturated heterocycles. The normalized spacial score (nSPS) is 23.5. The molecule has 0 atom stereocenters. The predicted octanol–water partition coefficient (Wildman–Crippen LogP) is 5.02. The molecule has 2 radical (unpaired) electrons. The van der Waals surface area contributed by atoms with Gasteiger partial charge in [-0.1, -0.05) is 50.8 Å². The quantitative estimate of drug-likeness (QED) is 0.479. The second-order valence-electron chi connectivity index (χ2n) is 10.1. The average molecular weight is 434 g/mol. The lowest BCUT2D eigenvalue weighted by molar-refractivity contribution is 0.0681. The minimum absolute atomic E-state index is 0. The summed E-state index contributed by atoms with van der Waals surface area (Å²) in [6.45, 7) is 6.54. The van der Waals surface area contributed by atoms with E-state index in [0.29, 0.717) is 16.0 Å². The average Bonchev–Trinajstić information content (AvgIpc) is 2.66. The monoisotopic (exact) mass is 433 g/mol. The molecule has 2 aliphatic rings. The van der Waals surface area contributed by atoms with E-state index in [1.165, 1.54) is 44.9 Å². The van der Waals surface area contributed by atoms with E-state index < -0.39 is 0 Å². The molecule has 1 amide bonds. The smallest absolute Gasteiger partial charge is 0.252 e. The third-order valence-corrected chi connectivity index (χ3v) is 6.99. The van der Waals surface area contributed by atoms with Gasteiger partial charge in [0.25, 0.3) is 5.91 Å². The number of fused-ring (bicyclic) bond motifs is 2. The van der Waals surface area contributed by atoms with Crippen LogP contribution in [0.1, 0.15) is 81.1 Å². The van der Waals surface area contributed by atoms with Crippen molar-refractivity contribution in [3.8, 4) is 0 Å². The zero-order valence-electron chi connectivity index (χ0n) is 18.9. The molecule has 1 aromatic carbocycles. The summed E-state index contributed by atoms with van der Waals surface area (Å²) < 4.78 is 0. The highest BCUT2D eigenvalue weighted by molar-refractivity contribution is 6.33. The van der Waals surface area contributed by atoms with Crippen LogP contribution in [0.15, 0.2) is 18.2 Å². The number of carbonyl (C=O) groups excluding carboxylic acids is 1. The maximum absolute atomic E-state index is 12.9. The van der Waals surface area contributed by atoms with E-state index >= 15 is 0 Å². The number of amides is 1. The minimum Gasteiger partial charge on any atom is -0.351 e. The maximum atomic E-state index is 12.9. The first-order chi connectivity index (χ1) is 13.8. The third-order valence-electron chi connectivity index (χ3n) is 6.66. The molecular weight excluding hydrogens is 394 g/mol. The number of rotatable bonds is 9. The van der Waals surface area contributed by atoms with Crippen LogP contribution in [0.3, 0.4) is 0 Å². The topological polar surface area (TPSA) is 67.1 Å². The van der Waals surface area contributed by atoms with Gasteiger partial charge in [-0.15, -0.1) is 0 Å². The minimum atomic E-state index is -0.193. The summed E-state index contributed by atoms with van der Waals surface area (Å²) in [5, 5.41) is 7.16. The van der Waals surface area contributed by atoms with Crippen molar-refractivity contribution >= 4 is 17.5 Å². The van der Waals surface area contributed by atoms with E-state index in [1.54, 1.807) is 0 Å². The van der Waals surface area contributed by atoms with Crippen LogP contribution < -0.4 is 16.4 Å². The zero-order valence-corrected chi connectivity index (χ0v) is 19.6. The van der Waals surface area contributed by atoms with Crippen molar-refractivity contribution in [2.75, 3.05) is 19.6 Å². The number of aryl methyl sites for hydroxylation is 1. The molecule has 3 rings (SSSR count). The predicted molar refractivity (Wildman–Crippen MR) is 127 cm³/mol. The van der Waals surface area contributed by atoms with Crippen LogP contribution in [-0.4, -0.2) is 31.1 Å². The van der Waals surface area contributed by atoms with Gasteiger partial charge in [-0.3, -0.25) is 4.79 Å². The molecule has 0 unspecified atom stereocenters. The van der Waals surface area contributed by atoms with Gasteiger partial charge in [-0.05, 0) is 81.5 Å². The Bertz CT molecular complexity index is 688. The molecule has 30 heavy (non-hydrogen) atoms. The van der Waals surface area contributed by atoms with E-state index in [0.717, 1.165) is 44.0 Å². The lowest BCUT2D eigenvalue weighted by Crippen LogP contribution is -2.43. The summed E-state index contributed by atoms with van der Waals surface area (Å²) in [4.78, 5) is 12.9. The van der Waals surface area contributed by atoms with E-state index in [4.69, 9.17) is 17.3 Å². The summed E-state index contributed by atoms with van der Waals surface area (Å²) in [6.07, 6.45) is 11.1. The van der Waals surface area contributed by atoms with Gasteiger partial charge in [0, 0.05) is 18.6 Å². The van der Waals surface area contributed by atoms with Crippen molar-refractivity contribution in [2.24, 2.45) is 17.1 Å². The van der Waals surface area contributed by atoms with Crippen LogP contribution in [0.5, 0.6) is 0 Å². The number of halogens is 1. The van der Waals surface area contributed by atoms with Crippen molar-refractivity contribution in [2.45, 2.75) is 77.2 Å². The standard InChI is InChI=1S/C24H38ClN3O.CH2/c1-23(2,26)16-27-13-5-8-18-9-10-21(25)20(14-18)22(29)28-17-24-11-3-6-19(15-24)7-4-12-24;/h9-10,14,19,27H,3-8,11-13,15-17,26H2,1-2H3,(H,28,29);1H2. The van der Waals surface area contributed by atoms with Crippen LogP contribution in [0.4, 0.5) is 0 Å². The maximum Gasteiger partial charge on any atom is 0.252 e. The molecule has 4 N–H and O–H groups in total. The van der Waals surface area contributed by atoms with Crippen LogP contribution in [-0.2, 0) is 6.42 Å². The van der Waals surface area contributed by atoms with E-state index in [9.17, 15) is 4.79 Å². The SMILES string of the molecule is CC(C)(N)CNCCCc1ccc(Cl)c(C(=O)NCC23CCCC(CCC2)C3)c1.[CH2]. The number of carbonyl (C=O) groups is 1. The van der Waals surface area contributed by atoms with Gasteiger partial charge >= 0.3 is 0 Å². The van der Waals surface area contributed by atoms with E-state index in [-0.39, 0.29) is 18.9 Å². The number of nitrogens with one attached hydrogen (secondary N) is 2. The molecule has 1 aromatic rings. The molecule has 0 heterocycles. The Labute approximate surface area is 188 Å². The third kappa shape index (κ3) is 7.25. The molecule has 5 heteroatoms. The second kappa shape index (κ2) is 11.0. The highest BCUT2D eigenvalue weighted by Crippen LogP contribution is 2.48. The fourth-order valence-corrected chi connectivity index (χ4v) is 5.37. The molecule has 0 spiro atoms. The van der Waals surface area contributed by atoms with Gasteiger partial charge in [0.15, 0.2) is 0 Å². The van der Waals surface area contributed by atoms with Crippen molar-refractivity contribution < 1.29 is 4.79 Å². The molecular formula is C25H40ClN3O. The summed E-state index contributed by atoms with van der Waals surface area (Å²) in [7, 11) is 0. The van der Waals surface area contributed by atoms with Crippen molar-refractivity contribution in [1.82, 2.24) is 10.6 Å². The molecule has 2 bridgehead atoms. The molecule has 0 aromatic heterocycles. The van der Waals surface area contributed by atoms with E-state index in [1.807, 2.05) is 32.0 Å². The van der Waals surface area contributed by atoms with Crippen molar-refractivity contribution in [3.63, 3.8) is 0 Å². The molecule has 2 fully saturated rings. The first-order valence-corrected chi connectivity index (χ1v) is 11.7. The van der Waals surface area contributed by atoms with E-state index in [2.05, 4.69) is 10.6 Å². The van der Waals surface area contributed by atoms with Gasteiger partial charge in [0.05, 0.1) is 10.6 Å². The van der Waals surface area contributed by atoms with Gasteiger partial charge < -0.3 is 16.4 Å². The summed E-state index contributed by atoms with van der Waals surface area (Å²) in [5.41, 5.74) is 7.89. The van der Waals surface area contributed by atoms with Gasteiger partial charge in [-0.25, -0.2) is 0 Å². The summed E-state index contributed by atoms with van der Waals surface area (Å²) in [5.74, 6) is 0.849. The fraction of sp³-hybridized carbons (Fsp3) is 0.680. The molecule has 2 saturated carbocycles. The Morgan fingerprint density at radius 2 is 1.97 bits per heavy atom. The highest BCUT2D eigenvalue weighted by atomic mass is 35.5. The first kappa shape index (κ1) is 25.2.